The maximum atomic E-state index is 12.1. The first kappa shape index (κ1) is 15.1. The Morgan fingerprint density at radius 1 is 1.35 bits per heavy atom. The van der Waals surface area contributed by atoms with E-state index in [4.69, 9.17) is 11.6 Å². The minimum atomic E-state index is -0.260. The molecular weight excluding hydrogens is 391 g/mol. The molecule has 2 aromatic rings. The van der Waals surface area contributed by atoms with Gasteiger partial charge in [0, 0.05) is 27.9 Å². The van der Waals surface area contributed by atoms with Gasteiger partial charge in [0.1, 0.15) is 0 Å². The summed E-state index contributed by atoms with van der Waals surface area (Å²) in [5.74, 6) is -0.260. The number of carbonyl (C=O) groups is 1. The molecule has 104 valence electrons. The highest BCUT2D eigenvalue weighted by molar-refractivity contribution is 14.1. The van der Waals surface area contributed by atoms with E-state index in [0.29, 0.717) is 22.8 Å². The molecule has 1 aromatic carbocycles. The van der Waals surface area contributed by atoms with Crippen LogP contribution in [0.3, 0.4) is 0 Å². The van der Waals surface area contributed by atoms with Crippen LogP contribution in [0, 0.1) is 3.57 Å². The SMILES string of the molecule is CCn1cc(NC(=O)c2ccc(I)c(Cl)c2)ccc1=O. The summed E-state index contributed by atoms with van der Waals surface area (Å²) < 4.78 is 2.41. The average molecular weight is 403 g/mol. The molecule has 4 nitrogen and oxygen atoms in total. The lowest BCUT2D eigenvalue weighted by Crippen LogP contribution is -2.19. The molecule has 0 aliphatic heterocycles. The van der Waals surface area contributed by atoms with Gasteiger partial charge in [-0.1, -0.05) is 11.6 Å². The molecule has 6 heteroatoms. The van der Waals surface area contributed by atoms with Gasteiger partial charge in [0.05, 0.1) is 10.7 Å². The predicted molar refractivity (Wildman–Crippen MR) is 88.5 cm³/mol. The second-order valence-electron chi connectivity index (χ2n) is 4.13. The van der Waals surface area contributed by atoms with Gasteiger partial charge in [-0.2, -0.15) is 0 Å². The van der Waals surface area contributed by atoms with Crippen LogP contribution >= 0.6 is 34.2 Å². The third kappa shape index (κ3) is 3.40. The Labute approximate surface area is 134 Å². The largest absolute Gasteiger partial charge is 0.321 e. The topological polar surface area (TPSA) is 51.1 Å². The first-order valence-electron chi connectivity index (χ1n) is 5.98. The highest BCUT2D eigenvalue weighted by Crippen LogP contribution is 2.20. The van der Waals surface area contributed by atoms with Crippen LogP contribution in [-0.2, 0) is 6.54 Å². The van der Waals surface area contributed by atoms with Gasteiger partial charge in [-0.25, -0.2) is 0 Å². The molecule has 0 bridgehead atoms. The number of pyridine rings is 1. The Bertz CT molecular complexity index is 713. The standard InChI is InChI=1S/C14H12ClIN2O2/c1-2-18-8-10(4-6-13(18)19)17-14(20)9-3-5-12(16)11(15)7-9/h3-8H,2H2,1H3,(H,17,20). The van der Waals surface area contributed by atoms with Crippen LogP contribution in [0.4, 0.5) is 5.69 Å². The molecule has 20 heavy (non-hydrogen) atoms. The molecule has 1 heterocycles. The van der Waals surface area contributed by atoms with Crippen LogP contribution in [-0.4, -0.2) is 10.5 Å². The van der Waals surface area contributed by atoms with Crippen LogP contribution in [0.1, 0.15) is 17.3 Å². The summed E-state index contributed by atoms with van der Waals surface area (Å²) in [6.07, 6.45) is 1.62. The van der Waals surface area contributed by atoms with Crippen molar-refractivity contribution in [1.82, 2.24) is 4.57 Å². The fraction of sp³-hybridized carbons (Fsp3) is 0.143. The Balaban J connectivity index is 2.23. The van der Waals surface area contributed by atoms with Gasteiger partial charge >= 0.3 is 0 Å². The fourth-order valence-corrected chi connectivity index (χ4v) is 2.21. The maximum Gasteiger partial charge on any atom is 0.255 e. The van der Waals surface area contributed by atoms with Gasteiger partial charge < -0.3 is 9.88 Å². The average Bonchev–Trinajstić information content (AvgIpc) is 2.43. The van der Waals surface area contributed by atoms with Crippen molar-refractivity contribution in [3.8, 4) is 0 Å². The zero-order valence-electron chi connectivity index (χ0n) is 10.7. The highest BCUT2D eigenvalue weighted by atomic mass is 127. The third-order valence-corrected chi connectivity index (χ3v) is 4.34. The van der Waals surface area contributed by atoms with E-state index in [-0.39, 0.29) is 11.5 Å². The van der Waals surface area contributed by atoms with Crippen LogP contribution in [0.15, 0.2) is 41.3 Å². The molecule has 0 atom stereocenters. The van der Waals surface area contributed by atoms with Gasteiger partial charge in [-0.3, -0.25) is 9.59 Å². The first-order chi connectivity index (χ1) is 9.51. The van der Waals surface area contributed by atoms with Gasteiger partial charge in [0.15, 0.2) is 0 Å². The van der Waals surface area contributed by atoms with Crippen molar-refractivity contribution < 1.29 is 4.79 Å². The number of nitrogens with zero attached hydrogens (tertiary/aromatic N) is 1. The molecule has 0 saturated heterocycles. The van der Waals surface area contributed by atoms with Crippen molar-refractivity contribution in [1.29, 1.82) is 0 Å². The second kappa shape index (κ2) is 6.41. The van der Waals surface area contributed by atoms with E-state index < -0.39 is 0 Å². The summed E-state index contributed by atoms with van der Waals surface area (Å²) in [5.41, 5.74) is 0.957. The number of anilines is 1. The first-order valence-corrected chi connectivity index (χ1v) is 7.44. The summed E-state index contributed by atoms with van der Waals surface area (Å²) >= 11 is 8.10. The van der Waals surface area contributed by atoms with Gasteiger partial charge in [0.25, 0.3) is 11.5 Å². The van der Waals surface area contributed by atoms with E-state index in [0.717, 1.165) is 3.57 Å². The number of rotatable bonds is 3. The van der Waals surface area contributed by atoms with Crippen LogP contribution in [0.25, 0.3) is 0 Å². The van der Waals surface area contributed by atoms with Crippen LogP contribution in [0.5, 0.6) is 0 Å². The quantitative estimate of drug-likeness (QED) is 0.800. The molecule has 0 saturated carbocycles. The minimum absolute atomic E-state index is 0.0946. The number of carbonyl (C=O) groups excluding carboxylic acids is 1. The number of nitrogens with one attached hydrogen (secondary N) is 1. The van der Waals surface area contributed by atoms with Crippen molar-refractivity contribution >= 4 is 45.8 Å². The zero-order chi connectivity index (χ0) is 14.7. The molecule has 0 unspecified atom stereocenters. The van der Waals surface area contributed by atoms with E-state index in [1.54, 1.807) is 30.5 Å². The van der Waals surface area contributed by atoms with E-state index in [9.17, 15) is 9.59 Å². The summed E-state index contributed by atoms with van der Waals surface area (Å²) in [6, 6.07) is 8.12. The number of aromatic nitrogens is 1. The molecule has 0 radical (unpaired) electrons. The molecule has 0 spiro atoms. The van der Waals surface area contributed by atoms with E-state index in [1.807, 2.05) is 6.92 Å². The van der Waals surface area contributed by atoms with E-state index in [2.05, 4.69) is 27.9 Å². The number of aryl methyl sites for hydroxylation is 1. The third-order valence-electron chi connectivity index (χ3n) is 2.76. The monoisotopic (exact) mass is 402 g/mol. The predicted octanol–water partition coefficient (Wildman–Crippen LogP) is 3.38. The number of hydrogen-bond acceptors (Lipinski definition) is 2. The van der Waals surface area contributed by atoms with Crippen molar-refractivity contribution in [2.75, 3.05) is 5.32 Å². The lowest BCUT2D eigenvalue weighted by molar-refractivity contribution is 0.102. The van der Waals surface area contributed by atoms with Crippen LogP contribution < -0.4 is 10.9 Å². The van der Waals surface area contributed by atoms with Crippen LogP contribution in [0.2, 0.25) is 5.02 Å². The Kier molecular flexibility index (Phi) is 4.82. The molecule has 0 fully saturated rings. The highest BCUT2D eigenvalue weighted by Gasteiger charge is 2.08. The minimum Gasteiger partial charge on any atom is -0.321 e. The summed E-state index contributed by atoms with van der Waals surface area (Å²) in [5, 5.41) is 3.29. The molecular formula is C14H12ClIN2O2. The zero-order valence-corrected chi connectivity index (χ0v) is 13.6. The molecule has 0 aliphatic rings. The molecule has 0 aliphatic carbocycles. The lowest BCUT2D eigenvalue weighted by atomic mass is 10.2. The number of hydrogen-bond donors (Lipinski definition) is 1. The summed E-state index contributed by atoms with van der Waals surface area (Å²) in [4.78, 5) is 23.6. The molecule has 1 N–H and O–H groups in total. The second-order valence-corrected chi connectivity index (χ2v) is 5.69. The van der Waals surface area contributed by atoms with E-state index in [1.165, 1.54) is 10.6 Å². The number of halogens is 2. The summed E-state index contributed by atoms with van der Waals surface area (Å²) in [7, 11) is 0. The van der Waals surface area contributed by atoms with Crippen molar-refractivity contribution in [2.45, 2.75) is 13.5 Å². The van der Waals surface area contributed by atoms with Gasteiger partial charge in [-0.15, -0.1) is 0 Å². The fourth-order valence-electron chi connectivity index (χ4n) is 1.69. The summed E-state index contributed by atoms with van der Waals surface area (Å²) in [6.45, 7) is 2.42. The van der Waals surface area contributed by atoms with Crippen molar-refractivity contribution in [3.63, 3.8) is 0 Å². The Morgan fingerprint density at radius 3 is 2.75 bits per heavy atom. The van der Waals surface area contributed by atoms with Gasteiger partial charge in [-0.05, 0) is 53.8 Å². The van der Waals surface area contributed by atoms with Crippen molar-refractivity contribution in [3.05, 3.63) is 61.0 Å². The normalized spacial score (nSPS) is 10.3. The Hall–Kier alpha value is -1.34. The molecule has 1 amide bonds. The smallest absolute Gasteiger partial charge is 0.255 e. The lowest BCUT2D eigenvalue weighted by Gasteiger charge is -2.08. The maximum absolute atomic E-state index is 12.1. The van der Waals surface area contributed by atoms with E-state index >= 15 is 0 Å². The van der Waals surface area contributed by atoms with Crippen molar-refractivity contribution in [2.24, 2.45) is 0 Å². The number of benzene rings is 1. The van der Waals surface area contributed by atoms with Gasteiger partial charge in [0.2, 0.25) is 0 Å². The molecule has 1 aromatic heterocycles. The molecule has 2 rings (SSSR count). The Morgan fingerprint density at radius 2 is 2.10 bits per heavy atom. The number of amides is 1.